The number of rotatable bonds is 5. The first-order valence-corrected chi connectivity index (χ1v) is 9.14. The molecular weight excluding hydrogens is 325 g/mol. The minimum Gasteiger partial charge on any atom is -0.342 e. The summed E-state index contributed by atoms with van der Waals surface area (Å²) in [5, 5.41) is 6.22. The summed E-state index contributed by atoms with van der Waals surface area (Å²) in [6.45, 7) is 1.95. The van der Waals surface area contributed by atoms with Gasteiger partial charge in [-0.2, -0.15) is 0 Å². The molecule has 1 fully saturated rings. The Morgan fingerprint density at radius 1 is 1.33 bits per heavy atom. The van der Waals surface area contributed by atoms with Crippen LogP contribution >= 0.6 is 11.3 Å². The van der Waals surface area contributed by atoms with Crippen molar-refractivity contribution in [3.8, 4) is 0 Å². The number of hydrogen-bond donors (Lipinski definition) is 1. The van der Waals surface area contributed by atoms with Gasteiger partial charge in [-0.05, 0) is 43.6 Å². The Hall–Kier alpha value is -1.79. The second kappa shape index (κ2) is 7.85. The fourth-order valence-corrected chi connectivity index (χ4v) is 3.79. The van der Waals surface area contributed by atoms with E-state index in [1.807, 2.05) is 17.3 Å². The highest BCUT2D eigenvalue weighted by molar-refractivity contribution is 7.09. The molecule has 2 aromatic rings. The molecular formula is C18H22FN3OS. The molecule has 0 radical (unpaired) electrons. The van der Waals surface area contributed by atoms with Gasteiger partial charge in [0.15, 0.2) is 0 Å². The van der Waals surface area contributed by atoms with Crippen LogP contribution in [0.1, 0.15) is 29.1 Å². The fraction of sp³-hybridized carbons (Fsp3) is 0.444. The average molecular weight is 347 g/mol. The molecule has 1 N–H and O–H groups in total. The van der Waals surface area contributed by atoms with Crippen LogP contribution in [0.25, 0.3) is 0 Å². The number of carbonyl (C=O) groups is 1. The lowest BCUT2D eigenvalue weighted by Crippen LogP contribution is -2.44. The normalized spacial score (nSPS) is 15.4. The Balaban J connectivity index is 1.56. The van der Waals surface area contributed by atoms with Crippen LogP contribution in [0, 0.1) is 5.82 Å². The molecule has 0 bridgehead atoms. The average Bonchev–Trinajstić information content (AvgIpc) is 3.04. The number of aromatic nitrogens is 1. The van der Waals surface area contributed by atoms with Crippen molar-refractivity contribution >= 4 is 17.2 Å². The summed E-state index contributed by atoms with van der Waals surface area (Å²) >= 11 is 1.55. The summed E-state index contributed by atoms with van der Waals surface area (Å²) in [7, 11) is 1.89. The Morgan fingerprint density at radius 2 is 2.04 bits per heavy atom. The summed E-state index contributed by atoms with van der Waals surface area (Å²) in [6.07, 6.45) is 3.04. The van der Waals surface area contributed by atoms with Gasteiger partial charge in [0.1, 0.15) is 5.82 Å². The zero-order valence-electron chi connectivity index (χ0n) is 13.8. The van der Waals surface area contributed by atoms with Crippen LogP contribution in [0.4, 0.5) is 4.39 Å². The van der Waals surface area contributed by atoms with Crippen molar-refractivity contribution in [1.29, 1.82) is 0 Å². The van der Waals surface area contributed by atoms with Gasteiger partial charge in [-0.1, -0.05) is 12.1 Å². The molecule has 0 atom stereocenters. The van der Waals surface area contributed by atoms with Gasteiger partial charge < -0.3 is 10.2 Å². The topological polar surface area (TPSA) is 45.2 Å². The Morgan fingerprint density at radius 3 is 2.75 bits per heavy atom. The van der Waals surface area contributed by atoms with Crippen molar-refractivity contribution < 1.29 is 9.18 Å². The molecule has 0 aliphatic carbocycles. The number of amides is 1. The van der Waals surface area contributed by atoms with Gasteiger partial charge >= 0.3 is 0 Å². The maximum Gasteiger partial charge on any atom is 0.228 e. The van der Waals surface area contributed by atoms with Crippen molar-refractivity contribution in [2.24, 2.45) is 0 Å². The van der Waals surface area contributed by atoms with Crippen molar-refractivity contribution in [1.82, 2.24) is 15.2 Å². The van der Waals surface area contributed by atoms with E-state index in [2.05, 4.69) is 10.3 Å². The third-order valence-electron chi connectivity index (χ3n) is 4.45. The molecule has 2 heterocycles. The van der Waals surface area contributed by atoms with Crippen LogP contribution in [-0.2, 0) is 17.6 Å². The number of halogens is 1. The highest BCUT2D eigenvalue weighted by Gasteiger charge is 2.22. The second-order valence-corrected chi connectivity index (χ2v) is 7.14. The van der Waals surface area contributed by atoms with E-state index in [0.717, 1.165) is 42.2 Å². The van der Waals surface area contributed by atoms with Crippen LogP contribution in [0.15, 0.2) is 29.6 Å². The van der Waals surface area contributed by atoms with Crippen molar-refractivity contribution in [2.75, 3.05) is 20.1 Å². The first-order chi connectivity index (χ1) is 11.6. The van der Waals surface area contributed by atoms with E-state index in [4.69, 9.17) is 0 Å². The molecule has 24 heavy (non-hydrogen) atoms. The summed E-state index contributed by atoms with van der Waals surface area (Å²) in [6, 6.07) is 6.79. The fourth-order valence-electron chi connectivity index (χ4n) is 2.97. The van der Waals surface area contributed by atoms with Crippen LogP contribution in [0.5, 0.6) is 0 Å². The van der Waals surface area contributed by atoms with E-state index in [-0.39, 0.29) is 11.7 Å². The third-order valence-corrected chi connectivity index (χ3v) is 5.35. The van der Waals surface area contributed by atoms with Gasteiger partial charge in [-0.3, -0.25) is 4.79 Å². The van der Waals surface area contributed by atoms with E-state index in [0.29, 0.717) is 18.9 Å². The lowest BCUT2D eigenvalue weighted by molar-refractivity contribution is -0.131. The first-order valence-electron chi connectivity index (χ1n) is 8.26. The molecule has 1 saturated heterocycles. The zero-order valence-corrected chi connectivity index (χ0v) is 14.6. The zero-order chi connectivity index (χ0) is 16.9. The lowest BCUT2D eigenvalue weighted by Gasteiger charge is -2.31. The number of carbonyl (C=O) groups excluding carboxylic acids is 1. The largest absolute Gasteiger partial charge is 0.342 e. The van der Waals surface area contributed by atoms with Crippen LogP contribution in [-0.4, -0.2) is 42.0 Å². The molecule has 1 aromatic carbocycles. The monoisotopic (exact) mass is 347 g/mol. The van der Waals surface area contributed by atoms with E-state index in [9.17, 15) is 9.18 Å². The predicted molar refractivity (Wildman–Crippen MR) is 93.7 cm³/mol. The Kier molecular flexibility index (Phi) is 5.58. The molecule has 1 aliphatic rings. The smallest absolute Gasteiger partial charge is 0.228 e. The van der Waals surface area contributed by atoms with Gasteiger partial charge in [-0.25, -0.2) is 9.37 Å². The molecule has 1 aromatic heterocycles. The van der Waals surface area contributed by atoms with Gasteiger partial charge in [0.25, 0.3) is 0 Å². The van der Waals surface area contributed by atoms with Crippen LogP contribution < -0.4 is 5.32 Å². The molecule has 0 unspecified atom stereocenters. The number of piperidine rings is 1. The van der Waals surface area contributed by atoms with Crippen LogP contribution in [0.3, 0.4) is 0 Å². The maximum atomic E-state index is 12.9. The van der Waals surface area contributed by atoms with E-state index in [1.165, 1.54) is 12.1 Å². The summed E-state index contributed by atoms with van der Waals surface area (Å²) < 4.78 is 12.9. The number of nitrogens with one attached hydrogen (secondary N) is 1. The molecule has 0 spiro atoms. The lowest BCUT2D eigenvalue weighted by atomic mass is 10.0. The molecule has 128 valence electrons. The Labute approximate surface area is 145 Å². The van der Waals surface area contributed by atoms with E-state index >= 15 is 0 Å². The van der Waals surface area contributed by atoms with Gasteiger partial charge in [0.2, 0.25) is 5.91 Å². The van der Waals surface area contributed by atoms with Gasteiger partial charge in [-0.15, -0.1) is 11.3 Å². The molecule has 1 aliphatic heterocycles. The second-order valence-electron chi connectivity index (χ2n) is 6.20. The van der Waals surface area contributed by atoms with E-state index < -0.39 is 0 Å². The minimum atomic E-state index is -0.231. The summed E-state index contributed by atoms with van der Waals surface area (Å²) in [5.74, 6) is -0.106. The summed E-state index contributed by atoms with van der Waals surface area (Å²) in [4.78, 5) is 18.9. The number of likely N-dealkylation sites (N-methyl/N-ethyl adjacent to an activating group) is 1. The standard InChI is InChI=1S/C18H22FN3OS/c1-22(16-6-8-20-9-7-16)18(23)11-15-12-24-17(21-15)10-13-2-4-14(19)5-3-13/h2-5,12,16,20H,6-11H2,1H3. The van der Waals surface area contributed by atoms with E-state index in [1.54, 1.807) is 23.5 Å². The number of hydrogen-bond acceptors (Lipinski definition) is 4. The number of benzene rings is 1. The quantitative estimate of drug-likeness (QED) is 0.904. The molecule has 3 rings (SSSR count). The van der Waals surface area contributed by atoms with Crippen molar-refractivity contribution in [2.45, 2.75) is 31.7 Å². The Bertz CT molecular complexity index is 680. The molecule has 1 amide bonds. The molecule has 0 saturated carbocycles. The van der Waals surface area contributed by atoms with Gasteiger partial charge in [0, 0.05) is 24.9 Å². The van der Waals surface area contributed by atoms with Crippen molar-refractivity contribution in [3.05, 3.63) is 51.7 Å². The van der Waals surface area contributed by atoms with Gasteiger partial charge in [0.05, 0.1) is 17.1 Å². The summed E-state index contributed by atoms with van der Waals surface area (Å²) in [5.41, 5.74) is 1.85. The predicted octanol–water partition coefficient (Wildman–Crippen LogP) is 2.63. The first kappa shape index (κ1) is 17.0. The molecule has 4 nitrogen and oxygen atoms in total. The van der Waals surface area contributed by atoms with Crippen LogP contribution in [0.2, 0.25) is 0 Å². The minimum absolute atomic E-state index is 0.125. The molecule has 6 heteroatoms. The highest BCUT2D eigenvalue weighted by atomic mass is 32.1. The number of thiazole rings is 1. The highest BCUT2D eigenvalue weighted by Crippen LogP contribution is 2.17. The van der Waals surface area contributed by atoms with Crippen molar-refractivity contribution in [3.63, 3.8) is 0 Å². The number of nitrogens with zero attached hydrogens (tertiary/aromatic N) is 2. The maximum absolute atomic E-state index is 12.9. The SMILES string of the molecule is CN(C(=O)Cc1csc(Cc2ccc(F)cc2)n1)C1CCNCC1. The third kappa shape index (κ3) is 4.39.